The third kappa shape index (κ3) is 5.02. The second-order valence-electron chi connectivity index (χ2n) is 8.35. The van der Waals surface area contributed by atoms with Crippen molar-refractivity contribution in [3.05, 3.63) is 59.5 Å². The number of benzene rings is 2. The van der Waals surface area contributed by atoms with E-state index in [1.165, 1.54) is 6.33 Å². The van der Waals surface area contributed by atoms with E-state index in [1.54, 1.807) is 19.0 Å². The second kappa shape index (κ2) is 9.64. The van der Waals surface area contributed by atoms with Crippen molar-refractivity contribution in [3.8, 4) is 11.1 Å². The molecule has 3 N–H and O–H groups in total. The van der Waals surface area contributed by atoms with Gasteiger partial charge < -0.3 is 25.8 Å². The zero-order chi connectivity index (χ0) is 23.5. The summed E-state index contributed by atoms with van der Waals surface area (Å²) >= 11 is 6.11. The molecule has 172 valence electrons. The van der Waals surface area contributed by atoms with Crippen LogP contribution in [-0.2, 0) is 0 Å². The van der Waals surface area contributed by atoms with Crippen molar-refractivity contribution in [2.24, 2.45) is 0 Å². The Morgan fingerprint density at radius 3 is 2.36 bits per heavy atom. The number of halogens is 1. The number of anilines is 4. The molecule has 9 heteroatoms. The van der Waals surface area contributed by atoms with Gasteiger partial charge in [0.15, 0.2) is 11.0 Å². The molecule has 2 aromatic carbocycles. The van der Waals surface area contributed by atoms with Gasteiger partial charge in [0.25, 0.3) is 5.91 Å². The van der Waals surface area contributed by atoms with E-state index in [0.29, 0.717) is 17.1 Å². The van der Waals surface area contributed by atoms with Gasteiger partial charge in [-0.25, -0.2) is 9.97 Å². The Kier molecular flexibility index (Phi) is 6.67. The molecule has 0 radical (unpaired) electrons. The molecule has 1 saturated heterocycles. The van der Waals surface area contributed by atoms with Gasteiger partial charge >= 0.3 is 0 Å². The highest BCUT2D eigenvalue weighted by atomic mass is 35.5. The molecule has 4 rings (SSSR count). The molecule has 0 spiro atoms. The number of hydrogen-bond acceptors (Lipinski definition) is 7. The van der Waals surface area contributed by atoms with Crippen LogP contribution in [0.3, 0.4) is 0 Å². The van der Waals surface area contributed by atoms with Crippen LogP contribution in [0.4, 0.5) is 22.9 Å². The van der Waals surface area contributed by atoms with Gasteiger partial charge in [0, 0.05) is 45.8 Å². The summed E-state index contributed by atoms with van der Waals surface area (Å²) < 4.78 is 0. The Balaban J connectivity index is 1.70. The Bertz CT molecular complexity index is 1140. The summed E-state index contributed by atoms with van der Waals surface area (Å²) in [6.07, 6.45) is 1.39. The normalized spacial score (nSPS) is 14.2. The molecule has 8 nitrogen and oxygen atoms in total. The highest BCUT2D eigenvalue weighted by Gasteiger charge is 2.19. The van der Waals surface area contributed by atoms with Gasteiger partial charge in [-0.2, -0.15) is 0 Å². The minimum Gasteiger partial charge on any atom is -0.393 e. The summed E-state index contributed by atoms with van der Waals surface area (Å²) in [6.45, 7) is 3.83. The maximum absolute atomic E-state index is 12.2. The van der Waals surface area contributed by atoms with E-state index in [-0.39, 0.29) is 11.1 Å². The minimum atomic E-state index is -0.0227. The number of nitrogens with two attached hydrogens (primary N) is 1. The van der Waals surface area contributed by atoms with E-state index < -0.39 is 0 Å². The highest BCUT2D eigenvalue weighted by molar-refractivity contribution is 6.32. The first-order valence-electron chi connectivity index (χ1n) is 10.8. The number of carbonyl (C=O) groups excluding carboxylic acids is 1. The second-order valence-corrected chi connectivity index (χ2v) is 8.71. The lowest BCUT2D eigenvalue weighted by Crippen LogP contribution is -2.44. The Morgan fingerprint density at radius 1 is 1.03 bits per heavy atom. The number of aromatic nitrogens is 2. The van der Waals surface area contributed by atoms with E-state index in [1.807, 2.05) is 24.3 Å². The van der Waals surface area contributed by atoms with Crippen molar-refractivity contribution in [2.75, 3.05) is 63.3 Å². The van der Waals surface area contributed by atoms with Crippen LogP contribution >= 0.6 is 11.6 Å². The van der Waals surface area contributed by atoms with Crippen molar-refractivity contribution in [2.45, 2.75) is 0 Å². The predicted octanol–water partition coefficient (Wildman–Crippen LogP) is 3.58. The number of piperazine rings is 1. The van der Waals surface area contributed by atoms with Crippen LogP contribution in [0, 0.1) is 0 Å². The summed E-state index contributed by atoms with van der Waals surface area (Å²) in [7, 11) is 5.63. The van der Waals surface area contributed by atoms with Gasteiger partial charge in [-0.15, -0.1) is 0 Å². The van der Waals surface area contributed by atoms with Gasteiger partial charge in [0.1, 0.15) is 12.0 Å². The Hall–Kier alpha value is -3.36. The van der Waals surface area contributed by atoms with Gasteiger partial charge in [-0.05, 0) is 42.4 Å². The Morgan fingerprint density at radius 2 is 1.70 bits per heavy atom. The molecule has 1 aliphatic heterocycles. The van der Waals surface area contributed by atoms with Crippen molar-refractivity contribution >= 4 is 40.4 Å². The molecule has 1 fully saturated rings. The highest BCUT2D eigenvalue weighted by Crippen LogP contribution is 2.36. The lowest BCUT2D eigenvalue weighted by atomic mass is 10.0. The van der Waals surface area contributed by atoms with Crippen LogP contribution in [0.2, 0.25) is 5.15 Å². The minimum absolute atomic E-state index is 0.0227. The van der Waals surface area contributed by atoms with E-state index in [0.717, 1.165) is 48.7 Å². The van der Waals surface area contributed by atoms with E-state index in [9.17, 15) is 4.79 Å². The average molecular weight is 466 g/mol. The smallest absolute Gasteiger partial charge is 0.253 e. The van der Waals surface area contributed by atoms with Crippen molar-refractivity contribution < 1.29 is 4.79 Å². The molecule has 1 aromatic heterocycles. The number of nitrogens with zero attached hydrogens (tertiary/aromatic N) is 5. The fourth-order valence-corrected chi connectivity index (χ4v) is 3.94. The molecule has 1 amide bonds. The average Bonchev–Trinajstić information content (AvgIpc) is 2.82. The lowest BCUT2D eigenvalue weighted by Gasteiger charge is -2.35. The van der Waals surface area contributed by atoms with Crippen LogP contribution in [0.15, 0.2) is 48.8 Å². The molecule has 0 unspecified atom stereocenters. The number of hydrogen-bond donors (Lipinski definition) is 2. The standard InChI is InChI=1S/C24H28ClN7O/c1-30(2)24(33)17-6-4-16(5-7-17)18-8-9-20(32-12-10-31(3)11-13-32)19(14-18)29-23-21(26)22(25)27-15-28-23/h4-9,14-15H,10-13,26H2,1-3H3,(H,27,28,29). The molecule has 1 aliphatic rings. The van der Waals surface area contributed by atoms with Crippen molar-refractivity contribution in [1.82, 2.24) is 19.8 Å². The molecule has 0 aliphatic carbocycles. The molecular formula is C24H28ClN7O. The number of nitrogen functional groups attached to an aromatic ring is 1. The van der Waals surface area contributed by atoms with Gasteiger partial charge in [0.05, 0.1) is 11.4 Å². The largest absolute Gasteiger partial charge is 0.393 e. The van der Waals surface area contributed by atoms with Crippen LogP contribution in [-0.4, -0.2) is 73.0 Å². The quantitative estimate of drug-likeness (QED) is 0.556. The monoisotopic (exact) mass is 465 g/mol. The Labute approximate surface area is 199 Å². The summed E-state index contributed by atoms with van der Waals surface area (Å²) in [5.74, 6) is 0.444. The summed E-state index contributed by atoms with van der Waals surface area (Å²) in [4.78, 5) is 26.7. The zero-order valence-electron chi connectivity index (χ0n) is 19.0. The fraction of sp³-hybridized carbons (Fsp3) is 0.292. The van der Waals surface area contributed by atoms with Crippen molar-refractivity contribution in [3.63, 3.8) is 0 Å². The van der Waals surface area contributed by atoms with Gasteiger partial charge in [-0.3, -0.25) is 4.79 Å². The van der Waals surface area contributed by atoms with Crippen LogP contribution < -0.4 is 16.0 Å². The fourth-order valence-electron chi connectivity index (χ4n) is 3.80. The summed E-state index contributed by atoms with van der Waals surface area (Å²) in [6, 6.07) is 13.9. The third-order valence-electron chi connectivity index (χ3n) is 5.80. The first-order chi connectivity index (χ1) is 15.8. The number of rotatable bonds is 5. The summed E-state index contributed by atoms with van der Waals surface area (Å²) in [5.41, 5.74) is 11.0. The molecule has 2 heterocycles. The lowest BCUT2D eigenvalue weighted by molar-refractivity contribution is 0.0827. The van der Waals surface area contributed by atoms with Crippen LogP contribution in [0.5, 0.6) is 0 Å². The third-order valence-corrected chi connectivity index (χ3v) is 6.10. The maximum atomic E-state index is 12.2. The van der Waals surface area contributed by atoms with Crippen molar-refractivity contribution in [1.29, 1.82) is 0 Å². The summed E-state index contributed by atoms with van der Waals surface area (Å²) in [5, 5.41) is 3.58. The molecular weight excluding hydrogens is 438 g/mol. The molecule has 3 aromatic rings. The van der Waals surface area contributed by atoms with E-state index in [4.69, 9.17) is 17.3 Å². The SMILES string of the molecule is CN1CCN(c2ccc(-c3ccc(C(=O)N(C)C)cc3)cc2Nc2ncnc(Cl)c2N)CC1. The number of nitrogens with one attached hydrogen (secondary N) is 1. The number of likely N-dealkylation sites (N-methyl/N-ethyl adjacent to an activating group) is 1. The predicted molar refractivity (Wildman–Crippen MR) is 134 cm³/mol. The number of amides is 1. The topological polar surface area (TPSA) is 90.6 Å². The molecule has 0 atom stereocenters. The van der Waals surface area contributed by atoms with E-state index >= 15 is 0 Å². The van der Waals surface area contributed by atoms with Crippen LogP contribution in [0.1, 0.15) is 10.4 Å². The zero-order valence-corrected chi connectivity index (χ0v) is 19.8. The number of carbonyl (C=O) groups is 1. The van der Waals surface area contributed by atoms with Gasteiger partial charge in [-0.1, -0.05) is 29.8 Å². The molecule has 0 saturated carbocycles. The van der Waals surface area contributed by atoms with E-state index in [2.05, 4.69) is 50.3 Å². The van der Waals surface area contributed by atoms with Crippen LogP contribution in [0.25, 0.3) is 11.1 Å². The maximum Gasteiger partial charge on any atom is 0.253 e. The molecule has 0 bridgehead atoms. The first kappa shape index (κ1) is 22.8. The first-order valence-corrected chi connectivity index (χ1v) is 11.1. The molecule has 33 heavy (non-hydrogen) atoms. The van der Waals surface area contributed by atoms with Gasteiger partial charge in [0.2, 0.25) is 0 Å².